The van der Waals surface area contributed by atoms with Crippen molar-refractivity contribution in [2.24, 2.45) is 12.5 Å². The minimum atomic E-state index is -3.80. The molecule has 0 N–H and O–H groups in total. The van der Waals surface area contributed by atoms with Crippen LogP contribution in [0.25, 0.3) is 33.2 Å². The SMILES string of the molecule is [2H]C([2H])([2H])c1cc(C2([2H])CCC(C)(C)CC2)ccc1-c1cc(-c2cc(C([2H])(F)F)c3ccccc3c2C)[n+](C)cc1[Si](C)(C)C. The fourth-order valence-electron chi connectivity index (χ4n) is 6.20. The summed E-state index contributed by atoms with van der Waals surface area (Å²) in [6.07, 6.45) is 1.39. The molecule has 0 unspecified atom stereocenters. The first-order chi connectivity index (χ1) is 20.6. The summed E-state index contributed by atoms with van der Waals surface area (Å²) in [5.74, 6) is -0.843. The summed E-state index contributed by atoms with van der Waals surface area (Å²) >= 11 is 0. The Morgan fingerprint density at radius 3 is 2.27 bits per heavy atom. The summed E-state index contributed by atoms with van der Waals surface area (Å²) in [4.78, 5) is 0. The highest BCUT2D eigenvalue weighted by Crippen LogP contribution is 2.43. The Hall–Kier alpha value is -2.85. The normalized spacial score (nSPS) is 19.4. The lowest BCUT2D eigenvalue weighted by molar-refractivity contribution is -0.659. The van der Waals surface area contributed by atoms with Gasteiger partial charge in [-0.3, -0.25) is 0 Å². The van der Waals surface area contributed by atoms with Crippen molar-refractivity contribution in [2.75, 3.05) is 0 Å². The number of pyridine rings is 1. The van der Waals surface area contributed by atoms with Crippen molar-refractivity contribution >= 4 is 24.0 Å². The number of aromatic nitrogens is 1. The van der Waals surface area contributed by atoms with Crippen molar-refractivity contribution in [3.8, 4) is 22.4 Å². The average molecular weight is 562 g/mol. The molecule has 5 rings (SSSR count). The molecule has 0 saturated heterocycles. The second-order valence-electron chi connectivity index (χ2n) is 13.3. The van der Waals surface area contributed by atoms with Gasteiger partial charge in [-0.2, -0.15) is 0 Å². The zero-order valence-corrected chi connectivity index (χ0v) is 25.8. The molecule has 0 amide bonds. The highest BCUT2D eigenvalue weighted by molar-refractivity contribution is 6.89. The lowest BCUT2D eigenvalue weighted by atomic mass is 9.71. The fourth-order valence-corrected chi connectivity index (χ4v) is 7.79. The molecule has 1 nitrogen and oxygen atoms in total. The molecule has 0 spiro atoms. The molecular formula is C36H44F2NSi+. The third kappa shape index (κ3) is 5.40. The van der Waals surface area contributed by atoms with Crippen molar-refractivity contribution in [2.45, 2.75) is 85.2 Å². The van der Waals surface area contributed by atoms with E-state index in [1.807, 2.05) is 42.9 Å². The van der Waals surface area contributed by atoms with Crippen LogP contribution in [0.2, 0.25) is 19.6 Å². The van der Waals surface area contributed by atoms with Gasteiger partial charge in [-0.15, -0.1) is 0 Å². The molecule has 40 heavy (non-hydrogen) atoms. The van der Waals surface area contributed by atoms with Gasteiger partial charge in [0, 0.05) is 22.3 Å². The molecule has 0 bridgehead atoms. The van der Waals surface area contributed by atoms with Crippen LogP contribution < -0.4 is 9.75 Å². The fraction of sp³-hybridized carbons (Fsp3) is 0.417. The molecule has 210 valence electrons. The molecule has 0 atom stereocenters. The number of alkyl halides is 2. The first-order valence-electron chi connectivity index (χ1n) is 16.7. The van der Waals surface area contributed by atoms with Crippen LogP contribution in [-0.4, -0.2) is 8.07 Å². The van der Waals surface area contributed by atoms with Gasteiger partial charge in [0.2, 0.25) is 5.69 Å². The number of hydrogen-bond acceptors (Lipinski definition) is 0. The average Bonchev–Trinajstić information content (AvgIpc) is 2.93. The maximum atomic E-state index is 14.7. The van der Waals surface area contributed by atoms with Crippen LogP contribution in [0.15, 0.2) is 60.8 Å². The molecule has 1 aromatic heterocycles. The lowest BCUT2D eigenvalue weighted by Crippen LogP contribution is -2.46. The van der Waals surface area contributed by atoms with E-state index in [9.17, 15) is 10.2 Å². The zero-order valence-electron chi connectivity index (χ0n) is 29.8. The van der Waals surface area contributed by atoms with Crippen molar-refractivity contribution in [1.82, 2.24) is 0 Å². The highest BCUT2D eigenvalue weighted by Gasteiger charge is 2.30. The second kappa shape index (κ2) is 10.5. The van der Waals surface area contributed by atoms with Gasteiger partial charge in [0.25, 0.3) is 6.40 Å². The monoisotopic (exact) mass is 561 g/mol. The van der Waals surface area contributed by atoms with Gasteiger partial charge in [0.1, 0.15) is 8.42 Å². The summed E-state index contributed by atoms with van der Waals surface area (Å²) in [6.45, 7) is 10.5. The Morgan fingerprint density at radius 1 is 0.975 bits per heavy atom. The molecule has 1 saturated carbocycles. The van der Waals surface area contributed by atoms with Crippen LogP contribution in [0, 0.1) is 19.2 Å². The molecular weight excluding hydrogens is 512 g/mol. The highest BCUT2D eigenvalue weighted by atomic mass is 28.3. The Balaban J connectivity index is 1.78. The number of benzene rings is 3. The van der Waals surface area contributed by atoms with Gasteiger partial charge in [0.15, 0.2) is 6.20 Å². The van der Waals surface area contributed by atoms with Crippen molar-refractivity contribution in [3.05, 3.63) is 83.0 Å². The van der Waals surface area contributed by atoms with E-state index in [1.54, 1.807) is 30.3 Å². The van der Waals surface area contributed by atoms with E-state index in [0.717, 1.165) is 34.7 Å². The van der Waals surface area contributed by atoms with Gasteiger partial charge in [-0.1, -0.05) is 76.0 Å². The second-order valence-corrected chi connectivity index (χ2v) is 18.3. The quantitative estimate of drug-likeness (QED) is 0.169. The van der Waals surface area contributed by atoms with Crippen LogP contribution in [-0.2, 0) is 7.05 Å². The van der Waals surface area contributed by atoms with E-state index < -0.39 is 27.2 Å². The number of halogens is 2. The largest absolute Gasteiger partial charge is 0.264 e. The summed E-state index contributed by atoms with van der Waals surface area (Å²) in [6, 6.07) is 15.8. The van der Waals surface area contributed by atoms with Crippen LogP contribution in [0.1, 0.15) is 80.9 Å². The van der Waals surface area contributed by atoms with Gasteiger partial charge in [0.05, 0.1) is 13.6 Å². The third-order valence-electron chi connectivity index (χ3n) is 8.80. The zero-order chi connectivity index (χ0) is 33.3. The van der Waals surface area contributed by atoms with Gasteiger partial charge in [-0.25, -0.2) is 13.3 Å². The molecule has 1 aliphatic carbocycles. The van der Waals surface area contributed by atoms with Crippen molar-refractivity contribution < 1.29 is 20.2 Å². The number of nitrogens with zero attached hydrogens (tertiary/aromatic N) is 1. The van der Waals surface area contributed by atoms with E-state index in [2.05, 4.69) is 33.5 Å². The standard InChI is InChI=1S/C36H44F2NSi/c1-23-19-26(25-15-17-36(3,4)18-16-25)13-14-27(23)31-21-33(39(5)22-34(31)40(6,7)8)30-20-32(35(37)38)29-12-10-9-11-28(29)24(30)2/h9-14,19-22,25,35H,15-18H2,1-8H3/q+1/i1D3,25D,35D. The molecule has 0 radical (unpaired) electrons. The number of fused-ring (bicyclic) bond motifs is 1. The Kier molecular flexibility index (Phi) is 5.99. The Bertz CT molecular complexity index is 1770. The minimum absolute atomic E-state index is 0.171. The smallest absolute Gasteiger partial charge is 0.205 e. The molecule has 4 aromatic rings. The Morgan fingerprint density at radius 2 is 1.65 bits per heavy atom. The number of aryl methyl sites for hydroxylation is 3. The molecule has 1 fully saturated rings. The van der Waals surface area contributed by atoms with Gasteiger partial charge >= 0.3 is 0 Å². The summed E-state index contributed by atoms with van der Waals surface area (Å²) in [5.41, 5.74) is 4.15. The summed E-state index contributed by atoms with van der Waals surface area (Å²) in [5, 5.41) is 2.05. The van der Waals surface area contributed by atoms with Crippen LogP contribution in [0.3, 0.4) is 0 Å². The number of hydrogen-bond donors (Lipinski definition) is 0. The van der Waals surface area contributed by atoms with Crippen molar-refractivity contribution in [3.63, 3.8) is 0 Å². The van der Waals surface area contributed by atoms with E-state index in [1.165, 1.54) is 6.07 Å². The van der Waals surface area contributed by atoms with Crippen molar-refractivity contribution in [1.29, 1.82) is 0 Å². The number of rotatable bonds is 5. The van der Waals surface area contributed by atoms with Gasteiger partial charge < -0.3 is 0 Å². The van der Waals surface area contributed by atoms with Crippen LogP contribution in [0.4, 0.5) is 8.78 Å². The molecule has 0 aliphatic heterocycles. The van der Waals surface area contributed by atoms with E-state index >= 15 is 0 Å². The molecule has 1 aliphatic rings. The van der Waals surface area contributed by atoms with E-state index in [4.69, 9.17) is 5.48 Å². The predicted molar refractivity (Wildman–Crippen MR) is 168 cm³/mol. The van der Waals surface area contributed by atoms with Gasteiger partial charge in [-0.05, 0) is 95.4 Å². The maximum Gasteiger partial charge on any atom is 0.264 e. The lowest BCUT2D eigenvalue weighted by Gasteiger charge is -2.34. The molecule has 3 aromatic carbocycles. The first-order valence-corrected chi connectivity index (χ1v) is 17.7. The minimum Gasteiger partial charge on any atom is -0.205 e. The van der Waals surface area contributed by atoms with E-state index in [0.29, 0.717) is 40.4 Å². The first kappa shape index (κ1) is 22.8. The van der Waals surface area contributed by atoms with Crippen LogP contribution in [0.5, 0.6) is 0 Å². The molecule has 4 heteroatoms. The van der Waals surface area contributed by atoms with E-state index in [-0.39, 0.29) is 16.5 Å². The molecule has 1 heterocycles. The third-order valence-corrected chi connectivity index (χ3v) is 10.8. The Labute approximate surface area is 247 Å². The summed E-state index contributed by atoms with van der Waals surface area (Å²) in [7, 11) is -0.177. The van der Waals surface area contributed by atoms with Crippen LogP contribution >= 0.6 is 0 Å². The topological polar surface area (TPSA) is 3.88 Å². The summed E-state index contributed by atoms with van der Waals surface area (Å²) < 4.78 is 74.1. The maximum absolute atomic E-state index is 14.7. The predicted octanol–water partition coefficient (Wildman–Crippen LogP) is 9.78.